The number of para-hydroxylation sites is 1. The molecule has 4 aliphatic rings. The van der Waals surface area contributed by atoms with E-state index in [0.717, 1.165) is 21.9 Å². The molecule has 6 unspecified atom stereocenters. The summed E-state index contributed by atoms with van der Waals surface area (Å²) in [6, 6.07) is 15.7. The van der Waals surface area contributed by atoms with E-state index in [2.05, 4.69) is 0 Å². The fourth-order valence-corrected chi connectivity index (χ4v) is 8.58. The summed E-state index contributed by atoms with van der Waals surface area (Å²) >= 11 is 20.7. The maximum atomic E-state index is 14.4. The van der Waals surface area contributed by atoms with Crippen molar-refractivity contribution >= 4 is 69.8 Å². The van der Waals surface area contributed by atoms with Crippen LogP contribution in [0.15, 0.2) is 78.4 Å². The molecular weight excluding hydrogens is 646 g/mol. The molecule has 4 amide bonds. The number of halogens is 4. The maximum Gasteiger partial charge on any atom is 0.258 e. The van der Waals surface area contributed by atoms with Crippen molar-refractivity contribution in [1.82, 2.24) is 0 Å². The molecule has 7 rings (SSSR count). The summed E-state index contributed by atoms with van der Waals surface area (Å²) in [6.07, 6.45) is 1.67. The minimum atomic E-state index is -2.18. The molecule has 0 radical (unpaired) electrons. The lowest BCUT2D eigenvalue weighted by atomic mass is 9.56. The van der Waals surface area contributed by atoms with Crippen LogP contribution < -0.4 is 14.5 Å². The second-order valence-corrected chi connectivity index (χ2v) is 13.3. The third-order valence-corrected chi connectivity index (χ3v) is 11.2. The van der Waals surface area contributed by atoms with E-state index in [1.807, 2.05) is 0 Å². The van der Waals surface area contributed by atoms with Crippen molar-refractivity contribution in [2.24, 2.45) is 17.8 Å². The number of carbonyl (C=O) groups is 4. The highest BCUT2D eigenvalue weighted by atomic mass is 35.5. The average molecular weight is 670 g/mol. The number of allylic oxidation sites excluding steroid dienone is 2. The SMILES string of the molecule is COc1cccc(C2C3=CCC4C(=O)N(c5ccc(Cl)cc5)C(=O)C4C3CC3(Cl)C(=O)N(c4ccc(F)cc4)C(=O)C23Cl)c1O. The molecule has 1 saturated carbocycles. The molecule has 2 aliphatic heterocycles. The number of hydrogen-bond acceptors (Lipinski definition) is 6. The second kappa shape index (κ2) is 10.3. The first-order valence-electron chi connectivity index (χ1n) is 14.2. The predicted molar refractivity (Wildman–Crippen MR) is 165 cm³/mol. The third-order valence-electron chi connectivity index (χ3n) is 9.54. The minimum absolute atomic E-state index is 0.0605. The van der Waals surface area contributed by atoms with E-state index in [4.69, 9.17) is 39.5 Å². The van der Waals surface area contributed by atoms with E-state index in [0.29, 0.717) is 16.3 Å². The zero-order valence-electron chi connectivity index (χ0n) is 23.5. The Morgan fingerprint density at radius 3 is 2.18 bits per heavy atom. The quantitative estimate of drug-likeness (QED) is 0.209. The topological polar surface area (TPSA) is 104 Å². The van der Waals surface area contributed by atoms with Gasteiger partial charge in [-0.15, -0.1) is 23.2 Å². The molecule has 3 fully saturated rings. The zero-order valence-corrected chi connectivity index (χ0v) is 25.8. The van der Waals surface area contributed by atoms with E-state index in [9.17, 15) is 28.7 Å². The first-order chi connectivity index (χ1) is 21.4. The number of hydrogen-bond donors (Lipinski definition) is 1. The molecule has 0 bridgehead atoms. The maximum absolute atomic E-state index is 14.4. The van der Waals surface area contributed by atoms with Crippen LogP contribution in [-0.2, 0) is 19.2 Å². The Labute approximate surface area is 271 Å². The highest BCUT2D eigenvalue weighted by molar-refractivity contribution is 6.58. The lowest BCUT2D eigenvalue weighted by Gasteiger charge is -2.50. The summed E-state index contributed by atoms with van der Waals surface area (Å²) in [5.74, 6) is -7.09. The van der Waals surface area contributed by atoms with Crippen molar-refractivity contribution in [3.05, 3.63) is 94.8 Å². The summed E-state index contributed by atoms with van der Waals surface area (Å²) in [5.41, 5.74) is 1.08. The molecule has 2 aliphatic carbocycles. The van der Waals surface area contributed by atoms with E-state index in [-0.39, 0.29) is 35.6 Å². The molecule has 3 aromatic carbocycles. The molecule has 0 spiro atoms. The van der Waals surface area contributed by atoms with E-state index in [1.54, 1.807) is 42.5 Å². The molecule has 2 heterocycles. The average Bonchev–Trinajstić information content (AvgIpc) is 3.36. The van der Waals surface area contributed by atoms with Gasteiger partial charge in [-0.1, -0.05) is 35.4 Å². The highest BCUT2D eigenvalue weighted by Gasteiger charge is 2.77. The van der Waals surface area contributed by atoms with Gasteiger partial charge in [-0.25, -0.2) is 9.29 Å². The summed E-state index contributed by atoms with van der Waals surface area (Å²) in [5, 5.41) is 11.8. The number of methoxy groups -OCH3 is 1. The van der Waals surface area contributed by atoms with Crippen LogP contribution >= 0.6 is 34.8 Å². The largest absolute Gasteiger partial charge is 0.504 e. The number of alkyl halides is 2. The van der Waals surface area contributed by atoms with Crippen LogP contribution in [0.25, 0.3) is 0 Å². The van der Waals surface area contributed by atoms with Crippen LogP contribution in [-0.4, -0.2) is 45.6 Å². The number of anilines is 2. The molecule has 3 aromatic rings. The molecule has 1 N–H and O–H groups in total. The van der Waals surface area contributed by atoms with Gasteiger partial charge < -0.3 is 9.84 Å². The van der Waals surface area contributed by atoms with Gasteiger partial charge in [-0.2, -0.15) is 0 Å². The number of aromatic hydroxyl groups is 1. The predicted octanol–water partition coefficient (Wildman–Crippen LogP) is 5.96. The van der Waals surface area contributed by atoms with Crippen LogP contribution in [0.3, 0.4) is 0 Å². The van der Waals surface area contributed by atoms with Crippen LogP contribution in [0.1, 0.15) is 24.3 Å². The molecular formula is C33H24Cl3FN2O6. The highest BCUT2D eigenvalue weighted by Crippen LogP contribution is 2.66. The van der Waals surface area contributed by atoms with Crippen molar-refractivity contribution in [3.63, 3.8) is 0 Å². The summed E-state index contributed by atoms with van der Waals surface area (Å²) < 4.78 is 19.2. The first kappa shape index (κ1) is 29.8. The van der Waals surface area contributed by atoms with Crippen molar-refractivity contribution in [2.75, 3.05) is 16.9 Å². The standard InChI is InChI=1S/C33H24Cl3FN2O6/c1-45-24-4-2-3-22(27(24)40)26-20-13-14-21-25(29(42)38(28(21)41)18-9-5-16(34)6-10-18)23(20)15-32(35)30(43)39(31(44)33(26,32)36)19-11-7-17(37)8-12-19/h2-13,21,23,25-26,40H,14-15H2,1H3. The number of imide groups is 2. The molecule has 0 aromatic heterocycles. The van der Waals surface area contributed by atoms with Crippen LogP contribution in [0.5, 0.6) is 11.5 Å². The normalized spacial score (nSPS) is 30.6. The number of rotatable bonds is 4. The van der Waals surface area contributed by atoms with Gasteiger partial charge in [0.25, 0.3) is 11.8 Å². The van der Waals surface area contributed by atoms with Gasteiger partial charge in [-0.05, 0) is 73.4 Å². The van der Waals surface area contributed by atoms with Crippen molar-refractivity contribution in [3.8, 4) is 11.5 Å². The molecule has 8 nitrogen and oxygen atoms in total. The smallest absolute Gasteiger partial charge is 0.258 e. The second-order valence-electron chi connectivity index (χ2n) is 11.6. The zero-order chi connectivity index (χ0) is 32.0. The van der Waals surface area contributed by atoms with Gasteiger partial charge in [0, 0.05) is 16.5 Å². The number of nitrogens with zero attached hydrogens (tertiary/aromatic N) is 2. The number of amides is 4. The molecule has 45 heavy (non-hydrogen) atoms. The summed E-state index contributed by atoms with van der Waals surface area (Å²) in [7, 11) is 1.37. The Kier molecular flexibility index (Phi) is 6.82. The third kappa shape index (κ3) is 3.96. The van der Waals surface area contributed by atoms with Gasteiger partial charge in [0.2, 0.25) is 11.8 Å². The number of benzene rings is 3. The van der Waals surface area contributed by atoms with Crippen LogP contribution in [0, 0.1) is 23.6 Å². The lowest BCUT2D eigenvalue weighted by molar-refractivity contribution is -0.125. The molecule has 230 valence electrons. The lowest BCUT2D eigenvalue weighted by Crippen LogP contribution is -2.60. The molecule has 2 saturated heterocycles. The number of phenols is 1. The fraction of sp³-hybridized carbons (Fsp3) is 0.273. The van der Waals surface area contributed by atoms with Gasteiger partial charge in [0.05, 0.1) is 30.3 Å². The van der Waals surface area contributed by atoms with Crippen LogP contribution in [0.4, 0.5) is 15.8 Å². The van der Waals surface area contributed by atoms with Gasteiger partial charge in [0.15, 0.2) is 21.2 Å². The van der Waals surface area contributed by atoms with Crippen molar-refractivity contribution < 1.29 is 33.4 Å². The summed E-state index contributed by atoms with van der Waals surface area (Å²) in [6.45, 7) is 0. The Bertz CT molecular complexity index is 1830. The van der Waals surface area contributed by atoms with E-state index < -0.39 is 62.9 Å². The first-order valence-corrected chi connectivity index (χ1v) is 15.3. The van der Waals surface area contributed by atoms with Crippen molar-refractivity contribution in [2.45, 2.75) is 28.5 Å². The Balaban J connectivity index is 1.41. The van der Waals surface area contributed by atoms with Gasteiger partial charge in [-0.3, -0.25) is 24.1 Å². The van der Waals surface area contributed by atoms with Crippen molar-refractivity contribution in [1.29, 1.82) is 0 Å². The number of ether oxygens (including phenoxy) is 1. The molecule has 12 heteroatoms. The Morgan fingerprint density at radius 1 is 0.867 bits per heavy atom. The van der Waals surface area contributed by atoms with Gasteiger partial charge in [0.1, 0.15) is 5.82 Å². The molecule has 6 atom stereocenters. The van der Waals surface area contributed by atoms with Gasteiger partial charge >= 0.3 is 0 Å². The fourth-order valence-electron chi connectivity index (χ4n) is 7.53. The number of carbonyl (C=O) groups excluding carboxylic acids is 4. The summed E-state index contributed by atoms with van der Waals surface area (Å²) in [4.78, 5) is 54.2. The van der Waals surface area contributed by atoms with E-state index in [1.165, 1.54) is 25.3 Å². The van der Waals surface area contributed by atoms with Crippen LogP contribution in [0.2, 0.25) is 5.02 Å². The minimum Gasteiger partial charge on any atom is -0.504 e. The Morgan fingerprint density at radius 2 is 1.51 bits per heavy atom. The number of phenolic OH excluding ortho intramolecular Hbond substituents is 1. The van der Waals surface area contributed by atoms with E-state index >= 15 is 0 Å². The monoisotopic (exact) mass is 668 g/mol. The Hall–Kier alpha value is -3.92. The number of fused-ring (bicyclic) bond motifs is 4.